The number of hydrogen-bond acceptors (Lipinski definition) is 5. The molecular weight excluding hydrogens is 238 g/mol. The summed E-state index contributed by atoms with van der Waals surface area (Å²) in [6, 6.07) is 0.261. The molecule has 0 saturated carbocycles. The Morgan fingerprint density at radius 2 is 2.11 bits per heavy atom. The highest BCUT2D eigenvalue weighted by Crippen LogP contribution is 2.22. The SMILES string of the molecule is Cc1nc(C2CN(C)CCCN2C)ncc1[C@@H](C)N. The van der Waals surface area contributed by atoms with E-state index in [1.807, 2.05) is 20.0 Å². The standard InChI is InChI=1S/C14H25N5/c1-10(15)12-8-16-14(17-11(12)2)13-9-18(3)6-5-7-19(13)4/h8,10,13H,5-7,9,15H2,1-4H3/t10-,13?/m1/s1. The van der Waals surface area contributed by atoms with Gasteiger partial charge in [0.15, 0.2) is 0 Å². The highest BCUT2D eigenvalue weighted by atomic mass is 15.2. The lowest BCUT2D eigenvalue weighted by Gasteiger charge is -2.26. The first-order valence-corrected chi connectivity index (χ1v) is 6.97. The Hall–Kier alpha value is -1.04. The van der Waals surface area contributed by atoms with E-state index in [-0.39, 0.29) is 12.1 Å². The molecule has 5 nitrogen and oxygen atoms in total. The largest absolute Gasteiger partial charge is 0.324 e. The fourth-order valence-electron chi connectivity index (χ4n) is 2.65. The van der Waals surface area contributed by atoms with Crippen molar-refractivity contribution >= 4 is 0 Å². The van der Waals surface area contributed by atoms with Crippen LogP contribution in [0.2, 0.25) is 0 Å². The molecule has 5 heteroatoms. The summed E-state index contributed by atoms with van der Waals surface area (Å²) in [5.74, 6) is 0.915. The van der Waals surface area contributed by atoms with Crippen molar-refractivity contribution < 1.29 is 0 Å². The molecule has 2 heterocycles. The molecule has 1 aliphatic rings. The van der Waals surface area contributed by atoms with Crippen LogP contribution in [0.3, 0.4) is 0 Å². The molecule has 0 radical (unpaired) electrons. The molecule has 2 atom stereocenters. The maximum atomic E-state index is 5.92. The van der Waals surface area contributed by atoms with Crippen LogP contribution in [0, 0.1) is 6.92 Å². The van der Waals surface area contributed by atoms with Gasteiger partial charge in [0.25, 0.3) is 0 Å². The highest BCUT2D eigenvalue weighted by Gasteiger charge is 2.24. The van der Waals surface area contributed by atoms with Gasteiger partial charge >= 0.3 is 0 Å². The lowest BCUT2D eigenvalue weighted by molar-refractivity contribution is 0.219. The zero-order chi connectivity index (χ0) is 14.0. The third kappa shape index (κ3) is 3.29. The molecule has 1 unspecified atom stereocenters. The van der Waals surface area contributed by atoms with Crippen molar-refractivity contribution in [1.29, 1.82) is 0 Å². The van der Waals surface area contributed by atoms with Gasteiger partial charge in [-0.15, -0.1) is 0 Å². The van der Waals surface area contributed by atoms with Crippen molar-refractivity contribution in [2.45, 2.75) is 32.4 Å². The number of nitrogens with zero attached hydrogens (tertiary/aromatic N) is 4. The number of aryl methyl sites for hydroxylation is 1. The Kier molecular flexibility index (Phi) is 4.50. The molecule has 1 aliphatic heterocycles. The van der Waals surface area contributed by atoms with Crippen molar-refractivity contribution in [2.24, 2.45) is 5.73 Å². The van der Waals surface area contributed by atoms with Gasteiger partial charge in [0.05, 0.1) is 6.04 Å². The summed E-state index contributed by atoms with van der Waals surface area (Å²) < 4.78 is 0. The molecule has 0 bridgehead atoms. The monoisotopic (exact) mass is 263 g/mol. The quantitative estimate of drug-likeness (QED) is 0.866. The molecule has 0 aromatic carbocycles. The maximum Gasteiger partial charge on any atom is 0.146 e. The lowest BCUT2D eigenvalue weighted by atomic mass is 10.1. The summed E-state index contributed by atoms with van der Waals surface area (Å²) in [5.41, 5.74) is 7.95. The van der Waals surface area contributed by atoms with Crippen molar-refractivity contribution in [1.82, 2.24) is 19.8 Å². The lowest BCUT2D eigenvalue weighted by Crippen LogP contribution is -2.32. The Morgan fingerprint density at radius 3 is 2.74 bits per heavy atom. The van der Waals surface area contributed by atoms with E-state index in [9.17, 15) is 0 Å². The van der Waals surface area contributed by atoms with Crippen LogP contribution in [-0.4, -0.2) is 53.5 Å². The van der Waals surface area contributed by atoms with Gasteiger partial charge in [-0.2, -0.15) is 0 Å². The third-order valence-electron chi connectivity index (χ3n) is 3.89. The number of aromatic nitrogens is 2. The topological polar surface area (TPSA) is 58.3 Å². The molecular formula is C14H25N5. The van der Waals surface area contributed by atoms with Gasteiger partial charge < -0.3 is 10.6 Å². The number of likely N-dealkylation sites (N-methyl/N-ethyl adjacent to an activating group) is 2. The van der Waals surface area contributed by atoms with Gasteiger partial charge in [0, 0.05) is 30.0 Å². The second-order valence-corrected chi connectivity index (χ2v) is 5.67. The van der Waals surface area contributed by atoms with E-state index < -0.39 is 0 Å². The first-order chi connectivity index (χ1) is 8.99. The van der Waals surface area contributed by atoms with Gasteiger partial charge in [-0.1, -0.05) is 0 Å². The average Bonchev–Trinajstić information content (AvgIpc) is 2.50. The second kappa shape index (κ2) is 5.94. The minimum Gasteiger partial charge on any atom is -0.324 e. The number of rotatable bonds is 2. The van der Waals surface area contributed by atoms with E-state index in [0.717, 1.165) is 36.7 Å². The zero-order valence-electron chi connectivity index (χ0n) is 12.4. The summed E-state index contributed by atoms with van der Waals surface area (Å²) in [6.45, 7) is 7.19. The molecule has 1 saturated heterocycles. The Bertz CT molecular complexity index is 432. The van der Waals surface area contributed by atoms with Crippen LogP contribution in [-0.2, 0) is 0 Å². The fraction of sp³-hybridized carbons (Fsp3) is 0.714. The van der Waals surface area contributed by atoms with Crippen LogP contribution in [0.5, 0.6) is 0 Å². The average molecular weight is 263 g/mol. The third-order valence-corrected chi connectivity index (χ3v) is 3.89. The summed E-state index contributed by atoms with van der Waals surface area (Å²) in [5, 5.41) is 0. The Morgan fingerprint density at radius 1 is 1.37 bits per heavy atom. The van der Waals surface area contributed by atoms with Crippen molar-refractivity contribution in [3.8, 4) is 0 Å². The Labute approximate surface area is 115 Å². The predicted molar refractivity (Wildman–Crippen MR) is 76.9 cm³/mol. The van der Waals surface area contributed by atoms with E-state index >= 15 is 0 Å². The van der Waals surface area contributed by atoms with E-state index in [1.54, 1.807) is 0 Å². The first kappa shape index (κ1) is 14.4. The zero-order valence-corrected chi connectivity index (χ0v) is 12.4. The summed E-state index contributed by atoms with van der Waals surface area (Å²) in [4.78, 5) is 13.9. The van der Waals surface area contributed by atoms with Crippen LogP contribution < -0.4 is 5.73 Å². The van der Waals surface area contributed by atoms with Gasteiger partial charge in [-0.3, -0.25) is 4.90 Å². The van der Waals surface area contributed by atoms with Crippen molar-refractivity contribution in [3.63, 3.8) is 0 Å². The molecule has 1 aromatic rings. The minimum atomic E-state index is -0.0106. The van der Waals surface area contributed by atoms with Crippen LogP contribution in [0.15, 0.2) is 6.20 Å². The molecule has 2 rings (SSSR count). The highest BCUT2D eigenvalue weighted by molar-refractivity contribution is 5.20. The number of hydrogen-bond donors (Lipinski definition) is 1. The predicted octanol–water partition coefficient (Wildman–Crippen LogP) is 1.11. The van der Waals surface area contributed by atoms with Crippen molar-refractivity contribution in [3.05, 3.63) is 23.3 Å². The van der Waals surface area contributed by atoms with E-state index in [2.05, 4.69) is 33.9 Å². The normalized spacial score (nSPS) is 24.2. The Balaban J connectivity index is 2.27. The molecule has 0 aliphatic carbocycles. The van der Waals surface area contributed by atoms with Crippen LogP contribution >= 0.6 is 0 Å². The minimum absolute atomic E-state index is 0.0106. The number of nitrogens with two attached hydrogens (primary N) is 1. The summed E-state index contributed by atoms with van der Waals surface area (Å²) >= 11 is 0. The van der Waals surface area contributed by atoms with Gasteiger partial charge in [-0.25, -0.2) is 9.97 Å². The molecule has 2 N–H and O–H groups in total. The molecule has 0 spiro atoms. The summed E-state index contributed by atoms with van der Waals surface area (Å²) in [7, 11) is 4.32. The van der Waals surface area contributed by atoms with Crippen LogP contribution in [0.25, 0.3) is 0 Å². The van der Waals surface area contributed by atoms with Crippen LogP contribution in [0.1, 0.15) is 42.5 Å². The summed E-state index contributed by atoms with van der Waals surface area (Å²) in [6.07, 6.45) is 3.08. The first-order valence-electron chi connectivity index (χ1n) is 6.97. The van der Waals surface area contributed by atoms with E-state index in [1.165, 1.54) is 6.42 Å². The molecule has 106 valence electrons. The smallest absolute Gasteiger partial charge is 0.146 e. The van der Waals surface area contributed by atoms with Gasteiger partial charge in [0.1, 0.15) is 5.82 Å². The maximum absolute atomic E-state index is 5.92. The van der Waals surface area contributed by atoms with Gasteiger partial charge in [-0.05, 0) is 47.5 Å². The van der Waals surface area contributed by atoms with E-state index in [0.29, 0.717) is 0 Å². The van der Waals surface area contributed by atoms with Gasteiger partial charge in [0.2, 0.25) is 0 Å². The van der Waals surface area contributed by atoms with Crippen molar-refractivity contribution in [2.75, 3.05) is 33.7 Å². The molecule has 19 heavy (non-hydrogen) atoms. The van der Waals surface area contributed by atoms with Crippen LogP contribution in [0.4, 0.5) is 0 Å². The second-order valence-electron chi connectivity index (χ2n) is 5.67. The fourth-order valence-corrected chi connectivity index (χ4v) is 2.65. The molecule has 0 amide bonds. The molecule has 1 aromatic heterocycles. The molecule has 1 fully saturated rings. The van der Waals surface area contributed by atoms with E-state index in [4.69, 9.17) is 5.73 Å².